The first-order valence-corrected chi connectivity index (χ1v) is 6.79. The number of imidazole rings is 1. The van der Waals surface area contributed by atoms with Gasteiger partial charge in [0.1, 0.15) is 11.3 Å². The Morgan fingerprint density at radius 1 is 1.53 bits per heavy atom. The maximum Gasteiger partial charge on any atom is 0.170 e. The topological polar surface area (TPSA) is 37.6 Å². The third-order valence-electron chi connectivity index (χ3n) is 2.65. The van der Waals surface area contributed by atoms with Gasteiger partial charge >= 0.3 is 0 Å². The van der Waals surface area contributed by atoms with Crippen molar-refractivity contribution in [2.75, 3.05) is 30.5 Å². The van der Waals surface area contributed by atoms with Gasteiger partial charge in [0, 0.05) is 25.5 Å². The smallest absolute Gasteiger partial charge is 0.170 e. The highest BCUT2D eigenvalue weighted by Crippen LogP contribution is 2.19. The average Bonchev–Trinajstić information content (AvgIpc) is 2.74. The van der Waals surface area contributed by atoms with Gasteiger partial charge in [-0.05, 0) is 18.4 Å². The second kappa shape index (κ2) is 5.23. The van der Waals surface area contributed by atoms with Gasteiger partial charge in [0.2, 0.25) is 0 Å². The van der Waals surface area contributed by atoms with Crippen molar-refractivity contribution in [3.8, 4) is 0 Å². The Morgan fingerprint density at radius 2 is 2.35 bits per heavy atom. The molecule has 0 unspecified atom stereocenters. The lowest BCUT2D eigenvalue weighted by Gasteiger charge is -2.15. The zero-order valence-electron chi connectivity index (χ0n) is 9.96. The van der Waals surface area contributed by atoms with Gasteiger partial charge in [-0.25, -0.2) is 4.98 Å². The predicted molar refractivity (Wildman–Crippen MR) is 72.2 cm³/mol. The summed E-state index contributed by atoms with van der Waals surface area (Å²) in [6.07, 6.45) is 4.79. The molecule has 2 aromatic heterocycles. The van der Waals surface area contributed by atoms with Gasteiger partial charge in [-0.15, -0.1) is 0 Å². The molecular formula is C12H15N3OS. The zero-order valence-corrected chi connectivity index (χ0v) is 10.8. The fourth-order valence-electron chi connectivity index (χ4n) is 1.73. The average molecular weight is 249 g/mol. The molecule has 5 heteroatoms. The number of carbonyl (C=O) groups excluding carboxylic acids is 1. The van der Waals surface area contributed by atoms with Crippen molar-refractivity contribution in [1.29, 1.82) is 0 Å². The first-order valence-electron chi connectivity index (χ1n) is 5.40. The molecule has 0 saturated carbocycles. The van der Waals surface area contributed by atoms with Crippen molar-refractivity contribution in [1.82, 2.24) is 9.38 Å². The molecule has 0 aliphatic carbocycles. The van der Waals surface area contributed by atoms with Crippen LogP contribution < -0.4 is 4.90 Å². The summed E-state index contributed by atoms with van der Waals surface area (Å²) in [5.41, 5.74) is 1.42. The number of pyridine rings is 1. The monoisotopic (exact) mass is 249 g/mol. The molecule has 2 heterocycles. The predicted octanol–water partition coefficient (Wildman–Crippen LogP) is 1.95. The number of nitrogens with zero attached hydrogens (tertiary/aromatic N) is 3. The molecule has 17 heavy (non-hydrogen) atoms. The number of fused-ring (bicyclic) bond motifs is 1. The minimum Gasteiger partial charge on any atom is -0.357 e. The highest BCUT2D eigenvalue weighted by molar-refractivity contribution is 7.98. The Kier molecular flexibility index (Phi) is 3.68. The molecule has 90 valence electrons. The van der Waals surface area contributed by atoms with Crippen LogP contribution in [0.3, 0.4) is 0 Å². The number of hydrogen-bond acceptors (Lipinski definition) is 4. The number of rotatable bonds is 5. The van der Waals surface area contributed by atoms with E-state index in [2.05, 4.69) is 11.2 Å². The van der Waals surface area contributed by atoms with E-state index in [-0.39, 0.29) is 0 Å². The third kappa shape index (κ3) is 2.29. The van der Waals surface area contributed by atoms with Crippen molar-refractivity contribution in [2.45, 2.75) is 0 Å². The number of carbonyl (C=O) groups is 1. The van der Waals surface area contributed by atoms with Crippen LogP contribution >= 0.6 is 11.8 Å². The van der Waals surface area contributed by atoms with Gasteiger partial charge in [-0.3, -0.25) is 9.20 Å². The summed E-state index contributed by atoms with van der Waals surface area (Å²) >= 11 is 1.78. The maximum absolute atomic E-state index is 11.2. The van der Waals surface area contributed by atoms with E-state index in [1.54, 1.807) is 11.8 Å². The van der Waals surface area contributed by atoms with Crippen LogP contribution in [0.2, 0.25) is 0 Å². The molecule has 0 atom stereocenters. The molecular weight excluding hydrogens is 234 g/mol. The van der Waals surface area contributed by atoms with E-state index in [1.165, 1.54) is 0 Å². The summed E-state index contributed by atoms with van der Waals surface area (Å²) in [4.78, 5) is 17.7. The lowest BCUT2D eigenvalue weighted by molar-refractivity contribution is 0.111. The molecule has 4 nitrogen and oxygen atoms in total. The van der Waals surface area contributed by atoms with Crippen molar-refractivity contribution >= 4 is 29.5 Å². The van der Waals surface area contributed by atoms with Crippen molar-refractivity contribution in [2.24, 2.45) is 0 Å². The van der Waals surface area contributed by atoms with E-state index < -0.39 is 0 Å². The first-order chi connectivity index (χ1) is 8.27. The normalized spacial score (nSPS) is 10.7. The highest BCUT2D eigenvalue weighted by atomic mass is 32.2. The quantitative estimate of drug-likeness (QED) is 0.759. The minimum atomic E-state index is 0.615. The maximum atomic E-state index is 11.2. The molecule has 0 N–H and O–H groups in total. The molecule has 0 bridgehead atoms. The van der Waals surface area contributed by atoms with Gasteiger partial charge in [-0.2, -0.15) is 11.8 Å². The largest absolute Gasteiger partial charge is 0.357 e. The van der Waals surface area contributed by atoms with Crippen LogP contribution in [0.25, 0.3) is 5.65 Å². The van der Waals surface area contributed by atoms with Crippen molar-refractivity contribution in [3.63, 3.8) is 0 Å². The summed E-state index contributed by atoms with van der Waals surface area (Å²) in [5, 5.41) is 0. The van der Waals surface area contributed by atoms with E-state index in [0.717, 1.165) is 30.0 Å². The molecule has 0 aromatic carbocycles. The van der Waals surface area contributed by atoms with Gasteiger partial charge in [0.15, 0.2) is 12.1 Å². The second-order valence-corrected chi connectivity index (χ2v) is 4.77. The van der Waals surface area contributed by atoms with Crippen LogP contribution in [-0.4, -0.2) is 41.3 Å². The number of anilines is 1. The SMILES string of the molecule is CSCCN(C)c1nc2ccccn2c1C=O. The van der Waals surface area contributed by atoms with Crippen LogP contribution in [0.5, 0.6) is 0 Å². The number of aromatic nitrogens is 2. The van der Waals surface area contributed by atoms with Crippen LogP contribution in [0, 0.1) is 0 Å². The third-order valence-corrected chi connectivity index (χ3v) is 3.24. The lowest BCUT2D eigenvalue weighted by atomic mass is 10.4. The summed E-state index contributed by atoms with van der Waals surface area (Å²) in [5.74, 6) is 1.77. The van der Waals surface area contributed by atoms with Gasteiger partial charge in [-0.1, -0.05) is 6.07 Å². The van der Waals surface area contributed by atoms with E-state index in [1.807, 2.05) is 40.7 Å². The van der Waals surface area contributed by atoms with Crippen molar-refractivity contribution < 1.29 is 4.79 Å². The molecule has 0 aliphatic heterocycles. The summed E-state index contributed by atoms with van der Waals surface area (Å²) in [7, 11) is 1.96. The van der Waals surface area contributed by atoms with Gasteiger partial charge in [0.05, 0.1) is 0 Å². The van der Waals surface area contributed by atoms with E-state index in [4.69, 9.17) is 0 Å². The van der Waals surface area contributed by atoms with Gasteiger partial charge in [0.25, 0.3) is 0 Å². The standard InChI is InChI=1S/C12H15N3OS/c1-14(7-8-17-2)12-10(9-16)15-6-4-3-5-11(15)13-12/h3-6,9H,7-8H2,1-2H3. The zero-order chi connectivity index (χ0) is 12.3. The number of thioether (sulfide) groups is 1. The Bertz CT molecular complexity index is 523. The molecule has 0 amide bonds. The Morgan fingerprint density at radius 3 is 3.06 bits per heavy atom. The fourth-order valence-corrected chi connectivity index (χ4v) is 2.18. The lowest BCUT2D eigenvalue weighted by Crippen LogP contribution is -2.21. The molecule has 2 rings (SSSR count). The summed E-state index contributed by atoms with van der Waals surface area (Å²) in [6, 6.07) is 5.72. The molecule has 2 aromatic rings. The van der Waals surface area contributed by atoms with Gasteiger partial charge < -0.3 is 4.90 Å². The molecule has 0 spiro atoms. The summed E-state index contributed by atoms with van der Waals surface area (Å²) < 4.78 is 1.82. The Labute approximate surface area is 105 Å². The highest BCUT2D eigenvalue weighted by Gasteiger charge is 2.14. The number of hydrogen-bond donors (Lipinski definition) is 0. The van der Waals surface area contributed by atoms with E-state index in [9.17, 15) is 4.79 Å². The minimum absolute atomic E-state index is 0.615. The van der Waals surface area contributed by atoms with E-state index >= 15 is 0 Å². The van der Waals surface area contributed by atoms with Crippen LogP contribution in [0.1, 0.15) is 10.5 Å². The fraction of sp³-hybridized carbons (Fsp3) is 0.333. The summed E-state index contributed by atoms with van der Waals surface area (Å²) in [6.45, 7) is 0.881. The van der Waals surface area contributed by atoms with Crippen LogP contribution in [0.4, 0.5) is 5.82 Å². The molecule has 0 saturated heterocycles. The first kappa shape index (κ1) is 12.0. The molecule has 0 aliphatic rings. The Balaban J connectivity index is 2.42. The van der Waals surface area contributed by atoms with Crippen LogP contribution in [-0.2, 0) is 0 Å². The Hall–Kier alpha value is -1.49. The van der Waals surface area contributed by atoms with Crippen LogP contribution in [0.15, 0.2) is 24.4 Å². The number of aldehydes is 1. The second-order valence-electron chi connectivity index (χ2n) is 3.78. The molecule has 0 radical (unpaired) electrons. The molecule has 0 fully saturated rings. The van der Waals surface area contributed by atoms with E-state index in [0.29, 0.717) is 5.69 Å². The van der Waals surface area contributed by atoms with Crippen molar-refractivity contribution in [3.05, 3.63) is 30.1 Å².